The summed E-state index contributed by atoms with van der Waals surface area (Å²) in [4.78, 5) is 37.3. The Morgan fingerprint density at radius 2 is 1.64 bits per heavy atom. The van der Waals surface area contributed by atoms with Crippen LogP contribution in [0.15, 0.2) is 12.2 Å². The van der Waals surface area contributed by atoms with E-state index in [2.05, 4.69) is 12.2 Å². The highest BCUT2D eigenvalue weighted by Gasteiger charge is 2.66. The van der Waals surface area contributed by atoms with E-state index in [0.29, 0.717) is 31.2 Å². The third-order valence-electron chi connectivity index (χ3n) is 6.03. The molecule has 22 heavy (non-hydrogen) atoms. The average molecular weight is 303 g/mol. The minimum absolute atomic E-state index is 0.0259. The predicted molar refractivity (Wildman–Crippen MR) is 77.5 cm³/mol. The fourth-order valence-corrected chi connectivity index (χ4v) is 4.96. The molecule has 0 aromatic carbocycles. The minimum atomic E-state index is -0.791. The minimum Gasteiger partial charge on any atom is -0.481 e. The van der Waals surface area contributed by atoms with Gasteiger partial charge in [-0.05, 0) is 42.9 Å². The molecule has 4 aliphatic carbocycles. The van der Waals surface area contributed by atoms with Gasteiger partial charge in [-0.3, -0.25) is 19.3 Å². The lowest BCUT2D eigenvalue weighted by atomic mass is 9.63. The molecule has 1 heterocycles. The molecule has 0 spiro atoms. The van der Waals surface area contributed by atoms with Crippen LogP contribution in [0.1, 0.15) is 32.1 Å². The molecule has 5 aliphatic rings. The topological polar surface area (TPSA) is 74.7 Å². The number of nitrogens with zero attached hydrogens (tertiary/aromatic N) is 1. The van der Waals surface area contributed by atoms with Gasteiger partial charge in [-0.25, -0.2) is 0 Å². The first kappa shape index (κ1) is 14.0. The second kappa shape index (κ2) is 4.93. The van der Waals surface area contributed by atoms with Crippen molar-refractivity contribution in [1.82, 2.24) is 4.90 Å². The number of carboxylic acid groups (broad SMARTS) is 1. The zero-order valence-corrected chi connectivity index (χ0v) is 12.5. The number of likely N-dealkylation sites (tertiary alicyclic amines) is 1. The summed E-state index contributed by atoms with van der Waals surface area (Å²) in [6, 6.07) is 0. The van der Waals surface area contributed by atoms with Gasteiger partial charge in [-0.15, -0.1) is 0 Å². The molecule has 2 amide bonds. The zero-order valence-electron chi connectivity index (χ0n) is 12.5. The van der Waals surface area contributed by atoms with Crippen molar-refractivity contribution in [3.05, 3.63) is 12.2 Å². The quantitative estimate of drug-likeness (QED) is 0.460. The molecule has 2 saturated carbocycles. The lowest BCUT2D eigenvalue weighted by Gasteiger charge is -2.37. The standard InChI is InChI=1S/C17H21NO4/c19-13(20)4-2-1-3-7-18-16(21)14-9-5-6-10(12-8-11(9)12)15(14)17(18)22/h5-6,9-12,14-15H,1-4,7-8H2,(H,19,20)/t9-,10-,11-,12-,14+,15+/m0/s1. The number of carbonyl (C=O) groups excluding carboxylic acids is 2. The van der Waals surface area contributed by atoms with E-state index in [9.17, 15) is 14.4 Å². The van der Waals surface area contributed by atoms with Crippen molar-refractivity contribution >= 4 is 17.8 Å². The Morgan fingerprint density at radius 3 is 2.18 bits per heavy atom. The zero-order chi connectivity index (χ0) is 15.4. The Morgan fingerprint density at radius 1 is 1.05 bits per heavy atom. The summed E-state index contributed by atoms with van der Waals surface area (Å²) < 4.78 is 0. The number of hydrogen-bond acceptors (Lipinski definition) is 3. The van der Waals surface area contributed by atoms with E-state index >= 15 is 0 Å². The fraction of sp³-hybridized carbons (Fsp3) is 0.706. The molecule has 0 aromatic rings. The van der Waals surface area contributed by atoms with E-state index in [1.54, 1.807) is 0 Å². The largest absolute Gasteiger partial charge is 0.481 e. The summed E-state index contributed by atoms with van der Waals surface area (Å²) in [5.74, 6) is 0.904. The maximum absolute atomic E-state index is 12.7. The van der Waals surface area contributed by atoms with Crippen LogP contribution >= 0.6 is 0 Å². The van der Waals surface area contributed by atoms with Crippen molar-refractivity contribution in [3.8, 4) is 0 Å². The van der Waals surface area contributed by atoms with Crippen molar-refractivity contribution in [1.29, 1.82) is 0 Å². The van der Waals surface area contributed by atoms with Gasteiger partial charge < -0.3 is 5.11 Å². The third-order valence-corrected chi connectivity index (χ3v) is 6.03. The van der Waals surface area contributed by atoms with E-state index in [1.807, 2.05) is 0 Å². The Balaban J connectivity index is 1.39. The molecule has 5 rings (SSSR count). The molecule has 3 fully saturated rings. The van der Waals surface area contributed by atoms with Gasteiger partial charge in [0.15, 0.2) is 0 Å². The number of allylic oxidation sites excluding steroid dienone is 2. The molecule has 0 radical (unpaired) electrons. The molecular formula is C17H21NO4. The highest BCUT2D eigenvalue weighted by atomic mass is 16.4. The van der Waals surface area contributed by atoms with Crippen LogP contribution in [0, 0.1) is 35.5 Å². The molecule has 0 unspecified atom stereocenters. The summed E-state index contributed by atoms with van der Waals surface area (Å²) in [6.45, 7) is 0.457. The molecule has 1 N–H and O–H groups in total. The monoisotopic (exact) mass is 303 g/mol. The molecule has 1 aliphatic heterocycles. The molecule has 1 saturated heterocycles. The third kappa shape index (κ3) is 1.94. The molecule has 118 valence electrons. The fourth-order valence-electron chi connectivity index (χ4n) is 4.96. The second-order valence-electron chi connectivity index (χ2n) is 7.19. The Kier molecular flexibility index (Phi) is 3.13. The van der Waals surface area contributed by atoms with E-state index < -0.39 is 5.97 Å². The normalized spacial score (nSPS) is 40.8. The van der Waals surface area contributed by atoms with Crippen molar-refractivity contribution in [2.45, 2.75) is 32.1 Å². The molecule has 2 bridgehead atoms. The maximum atomic E-state index is 12.7. The first-order chi connectivity index (χ1) is 10.6. The molecule has 6 atom stereocenters. The smallest absolute Gasteiger partial charge is 0.303 e. The molecular weight excluding hydrogens is 282 g/mol. The van der Waals surface area contributed by atoms with Crippen molar-refractivity contribution in [3.63, 3.8) is 0 Å². The summed E-state index contributed by atoms with van der Waals surface area (Å²) in [6.07, 6.45) is 7.77. The van der Waals surface area contributed by atoms with Crippen molar-refractivity contribution in [2.24, 2.45) is 35.5 Å². The van der Waals surface area contributed by atoms with E-state index in [4.69, 9.17) is 5.11 Å². The second-order valence-corrected chi connectivity index (χ2v) is 7.19. The highest BCUT2D eigenvalue weighted by molar-refractivity contribution is 6.06. The van der Waals surface area contributed by atoms with Crippen LogP contribution in [0.5, 0.6) is 0 Å². The van der Waals surface area contributed by atoms with Gasteiger partial charge in [-0.1, -0.05) is 18.6 Å². The average Bonchev–Trinajstić information content (AvgIpc) is 3.26. The number of rotatable bonds is 6. The van der Waals surface area contributed by atoms with Crippen LogP contribution in [0.4, 0.5) is 0 Å². The van der Waals surface area contributed by atoms with Crippen LogP contribution in [0.2, 0.25) is 0 Å². The number of imide groups is 1. The summed E-state index contributed by atoms with van der Waals surface area (Å²) in [5, 5.41) is 8.62. The van der Waals surface area contributed by atoms with Crippen LogP contribution in [0.25, 0.3) is 0 Å². The number of carboxylic acids is 1. The Bertz CT molecular complexity index is 533. The molecule has 5 nitrogen and oxygen atoms in total. The first-order valence-electron chi connectivity index (χ1n) is 8.35. The van der Waals surface area contributed by atoms with Crippen LogP contribution in [-0.2, 0) is 14.4 Å². The summed E-state index contributed by atoms with van der Waals surface area (Å²) >= 11 is 0. The van der Waals surface area contributed by atoms with Crippen LogP contribution in [0.3, 0.4) is 0 Å². The van der Waals surface area contributed by atoms with E-state index in [-0.39, 0.29) is 41.9 Å². The SMILES string of the molecule is O=C(O)CCCCCN1C(=O)[C@@H]2[C@H]3C=C[C@@H]([C@@H]4C[C@@H]34)[C@H]2C1=O. The van der Waals surface area contributed by atoms with Crippen molar-refractivity contribution < 1.29 is 19.5 Å². The van der Waals surface area contributed by atoms with Gasteiger partial charge in [0.05, 0.1) is 11.8 Å². The number of hydrogen-bond donors (Lipinski definition) is 1. The number of unbranched alkanes of at least 4 members (excludes halogenated alkanes) is 2. The lowest BCUT2D eigenvalue weighted by molar-refractivity contribution is -0.141. The van der Waals surface area contributed by atoms with E-state index in [1.165, 1.54) is 11.3 Å². The van der Waals surface area contributed by atoms with Gasteiger partial charge in [-0.2, -0.15) is 0 Å². The van der Waals surface area contributed by atoms with Crippen LogP contribution < -0.4 is 0 Å². The lowest BCUT2D eigenvalue weighted by Crippen LogP contribution is -2.40. The number of carbonyl (C=O) groups is 3. The van der Waals surface area contributed by atoms with E-state index in [0.717, 1.165) is 6.42 Å². The Hall–Kier alpha value is -1.65. The Labute approximate surface area is 129 Å². The first-order valence-corrected chi connectivity index (χ1v) is 8.35. The summed E-state index contributed by atoms with van der Waals surface area (Å²) in [7, 11) is 0. The highest BCUT2D eigenvalue weighted by Crippen LogP contribution is 2.65. The number of amides is 2. The van der Waals surface area contributed by atoms with Gasteiger partial charge in [0.1, 0.15) is 0 Å². The molecule has 5 heteroatoms. The van der Waals surface area contributed by atoms with Gasteiger partial charge >= 0.3 is 5.97 Å². The van der Waals surface area contributed by atoms with Crippen molar-refractivity contribution in [2.75, 3.05) is 6.54 Å². The van der Waals surface area contributed by atoms with Gasteiger partial charge in [0.2, 0.25) is 11.8 Å². The van der Waals surface area contributed by atoms with Crippen LogP contribution in [-0.4, -0.2) is 34.3 Å². The van der Waals surface area contributed by atoms with Gasteiger partial charge in [0.25, 0.3) is 0 Å². The summed E-state index contributed by atoms with van der Waals surface area (Å²) in [5.41, 5.74) is 0. The van der Waals surface area contributed by atoms with Gasteiger partial charge in [0, 0.05) is 13.0 Å². The maximum Gasteiger partial charge on any atom is 0.303 e. The number of aliphatic carboxylic acids is 1. The predicted octanol–water partition coefficient (Wildman–Crippen LogP) is 1.68. The molecule has 0 aromatic heterocycles.